The number of rotatable bonds is 3. The molecular formula is C18H19FN4O3S. The van der Waals surface area contributed by atoms with Gasteiger partial charge in [-0.3, -0.25) is 0 Å². The SMILES string of the molecule is CS(=O)(=O)N1CCN(c2ccc(-n3ncc4cc(F)c(O)cc43)cc2)CC1. The summed E-state index contributed by atoms with van der Waals surface area (Å²) in [7, 11) is -3.15. The first-order valence-electron chi connectivity index (χ1n) is 8.50. The maximum Gasteiger partial charge on any atom is 0.211 e. The van der Waals surface area contributed by atoms with E-state index in [0.29, 0.717) is 37.1 Å². The van der Waals surface area contributed by atoms with E-state index in [0.717, 1.165) is 11.4 Å². The molecule has 142 valence electrons. The molecule has 7 nitrogen and oxygen atoms in total. The van der Waals surface area contributed by atoms with Crippen LogP contribution in [-0.4, -0.2) is 60.0 Å². The lowest BCUT2D eigenvalue weighted by Gasteiger charge is -2.34. The van der Waals surface area contributed by atoms with Gasteiger partial charge in [0.25, 0.3) is 0 Å². The predicted octanol–water partition coefficient (Wildman–Crippen LogP) is 1.95. The maximum absolute atomic E-state index is 13.5. The maximum atomic E-state index is 13.5. The zero-order valence-electron chi connectivity index (χ0n) is 14.7. The molecule has 1 aliphatic heterocycles. The molecule has 0 amide bonds. The highest BCUT2D eigenvalue weighted by Gasteiger charge is 2.23. The van der Waals surface area contributed by atoms with E-state index in [4.69, 9.17) is 0 Å². The van der Waals surface area contributed by atoms with Gasteiger partial charge in [0.1, 0.15) is 0 Å². The average Bonchev–Trinajstić information content (AvgIpc) is 3.04. The van der Waals surface area contributed by atoms with E-state index in [2.05, 4.69) is 10.00 Å². The van der Waals surface area contributed by atoms with E-state index in [1.165, 1.54) is 22.7 Å². The Bertz CT molecular complexity index is 1090. The Kier molecular flexibility index (Phi) is 4.27. The molecule has 2 heterocycles. The van der Waals surface area contributed by atoms with E-state index in [-0.39, 0.29) is 0 Å². The zero-order valence-corrected chi connectivity index (χ0v) is 15.5. The van der Waals surface area contributed by atoms with Gasteiger partial charge in [0.2, 0.25) is 10.0 Å². The van der Waals surface area contributed by atoms with Gasteiger partial charge in [-0.05, 0) is 30.3 Å². The van der Waals surface area contributed by atoms with Gasteiger partial charge in [-0.2, -0.15) is 9.40 Å². The summed E-state index contributed by atoms with van der Waals surface area (Å²) in [6.45, 7) is 2.19. The summed E-state index contributed by atoms with van der Waals surface area (Å²) in [5.41, 5.74) is 2.40. The Morgan fingerprint density at radius 1 is 1.04 bits per heavy atom. The molecule has 27 heavy (non-hydrogen) atoms. The molecule has 0 bridgehead atoms. The summed E-state index contributed by atoms with van der Waals surface area (Å²) in [5.74, 6) is -1.09. The Balaban J connectivity index is 1.56. The van der Waals surface area contributed by atoms with Crippen molar-refractivity contribution >= 4 is 26.6 Å². The number of aromatic nitrogens is 2. The Labute approximate surface area is 156 Å². The molecule has 0 unspecified atom stereocenters. The summed E-state index contributed by atoms with van der Waals surface area (Å²) < 4.78 is 39.8. The first-order valence-corrected chi connectivity index (χ1v) is 10.3. The Hall–Kier alpha value is -2.65. The number of aromatic hydroxyl groups is 1. The van der Waals surface area contributed by atoms with Crippen LogP contribution in [0.4, 0.5) is 10.1 Å². The third kappa shape index (κ3) is 3.35. The van der Waals surface area contributed by atoms with Crippen LogP contribution in [0.3, 0.4) is 0 Å². The number of halogens is 1. The zero-order chi connectivity index (χ0) is 19.2. The van der Waals surface area contributed by atoms with Crippen LogP contribution in [0.5, 0.6) is 5.75 Å². The molecule has 9 heteroatoms. The number of fused-ring (bicyclic) bond motifs is 1. The van der Waals surface area contributed by atoms with E-state index >= 15 is 0 Å². The number of hydrogen-bond acceptors (Lipinski definition) is 5. The van der Waals surface area contributed by atoms with Crippen molar-refractivity contribution in [2.24, 2.45) is 0 Å². The number of sulfonamides is 1. The lowest BCUT2D eigenvalue weighted by atomic mass is 10.2. The van der Waals surface area contributed by atoms with Crippen molar-refractivity contribution in [2.45, 2.75) is 0 Å². The number of piperazine rings is 1. The van der Waals surface area contributed by atoms with Crippen LogP contribution in [-0.2, 0) is 10.0 Å². The van der Waals surface area contributed by atoms with Crippen LogP contribution in [0.2, 0.25) is 0 Å². The van der Waals surface area contributed by atoms with E-state index < -0.39 is 21.6 Å². The van der Waals surface area contributed by atoms with Crippen LogP contribution in [0, 0.1) is 5.82 Å². The highest BCUT2D eigenvalue weighted by molar-refractivity contribution is 7.88. The number of phenols is 1. The van der Waals surface area contributed by atoms with E-state index in [1.807, 2.05) is 24.3 Å². The molecule has 1 aromatic heterocycles. The fraction of sp³-hybridized carbons (Fsp3) is 0.278. The van der Waals surface area contributed by atoms with Crippen LogP contribution >= 0.6 is 0 Å². The second-order valence-corrected chi connectivity index (χ2v) is 8.57. The van der Waals surface area contributed by atoms with E-state index in [1.54, 1.807) is 10.9 Å². The van der Waals surface area contributed by atoms with Crippen molar-refractivity contribution in [1.82, 2.24) is 14.1 Å². The molecule has 1 fully saturated rings. The second kappa shape index (κ2) is 6.50. The first-order chi connectivity index (χ1) is 12.8. The van der Waals surface area contributed by atoms with Gasteiger partial charge in [-0.15, -0.1) is 0 Å². The number of hydrogen-bond donors (Lipinski definition) is 1. The molecule has 0 radical (unpaired) electrons. The number of benzene rings is 2. The molecule has 1 aliphatic rings. The molecule has 4 rings (SSSR count). The fourth-order valence-electron chi connectivity index (χ4n) is 3.32. The van der Waals surface area contributed by atoms with E-state index in [9.17, 15) is 17.9 Å². The Morgan fingerprint density at radius 2 is 1.67 bits per heavy atom. The van der Waals surface area contributed by atoms with Gasteiger partial charge in [0, 0.05) is 43.3 Å². The van der Waals surface area contributed by atoms with Gasteiger partial charge in [-0.1, -0.05) is 0 Å². The molecule has 2 aromatic carbocycles. The molecule has 3 aromatic rings. The number of anilines is 1. The first kappa shape index (κ1) is 17.7. The minimum Gasteiger partial charge on any atom is -0.505 e. The number of nitrogens with zero attached hydrogens (tertiary/aromatic N) is 4. The minimum atomic E-state index is -3.15. The largest absolute Gasteiger partial charge is 0.505 e. The summed E-state index contributed by atoms with van der Waals surface area (Å²) in [6, 6.07) is 10.3. The quantitative estimate of drug-likeness (QED) is 0.740. The van der Waals surface area contributed by atoms with Crippen LogP contribution in [0.25, 0.3) is 16.6 Å². The van der Waals surface area contributed by atoms with Crippen molar-refractivity contribution in [2.75, 3.05) is 37.3 Å². The lowest BCUT2D eigenvalue weighted by Crippen LogP contribution is -2.48. The number of phenolic OH excluding ortho intramolecular Hbond substituents is 1. The highest BCUT2D eigenvalue weighted by atomic mass is 32.2. The second-order valence-electron chi connectivity index (χ2n) is 6.58. The normalized spacial score (nSPS) is 16.1. The van der Waals surface area contributed by atoms with Gasteiger partial charge < -0.3 is 10.0 Å². The molecule has 1 saturated heterocycles. The molecule has 1 N–H and O–H groups in total. The monoisotopic (exact) mass is 390 g/mol. The third-order valence-electron chi connectivity index (χ3n) is 4.80. The standard InChI is InChI=1S/C18H19FN4O3S/c1-27(25,26)22-8-6-21(7-9-22)14-2-4-15(5-3-14)23-17-11-18(24)16(19)10-13(17)12-20-23/h2-5,10-12,24H,6-9H2,1H3. The van der Waals surface area contributed by atoms with Crippen LogP contribution < -0.4 is 4.90 Å². The van der Waals surface area contributed by atoms with Crippen molar-refractivity contribution in [3.05, 3.63) is 48.4 Å². The van der Waals surface area contributed by atoms with Crippen molar-refractivity contribution < 1.29 is 17.9 Å². The van der Waals surface area contributed by atoms with Crippen LogP contribution in [0.15, 0.2) is 42.6 Å². The average molecular weight is 390 g/mol. The molecule has 0 aliphatic carbocycles. The van der Waals surface area contributed by atoms with Gasteiger partial charge in [0.05, 0.1) is 23.7 Å². The fourth-order valence-corrected chi connectivity index (χ4v) is 4.15. The van der Waals surface area contributed by atoms with Crippen molar-refractivity contribution in [3.63, 3.8) is 0 Å². The molecule has 0 saturated carbocycles. The summed E-state index contributed by atoms with van der Waals surface area (Å²) in [6.07, 6.45) is 2.78. The molecule has 0 spiro atoms. The molecular weight excluding hydrogens is 371 g/mol. The van der Waals surface area contributed by atoms with Crippen LogP contribution in [0.1, 0.15) is 0 Å². The third-order valence-corrected chi connectivity index (χ3v) is 6.11. The Morgan fingerprint density at radius 3 is 2.30 bits per heavy atom. The summed E-state index contributed by atoms with van der Waals surface area (Å²) in [4.78, 5) is 2.13. The highest BCUT2D eigenvalue weighted by Crippen LogP contribution is 2.26. The smallest absolute Gasteiger partial charge is 0.211 e. The van der Waals surface area contributed by atoms with Gasteiger partial charge >= 0.3 is 0 Å². The lowest BCUT2D eigenvalue weighted by molar-refractivity contribution is 0.388. The topological polar surface area (TPSA) is 78.7 Å². The van der Waals surface area contributed by atoms with Crippen molar-refractivity contribution in [3.8, 4) is 11.4 Å². The minimum absolute atomic E-state index is 0.412. The van der Waals surface area contributed by atoms with Crippen molar-refractivity contribution in [1.29, 1.82) is 0 Å². The summed E-state index contributed by atoms with van der Waals surface area (Å²) in [5, 5.41) is 14.5. The predicted molar refractivity (Wildman–Crippen MR) is 101 cm³/mol. The molecule has 0 atom stereocenters. The van der Waals surface area contributed by atoms with Gasteiger partial charge in [-0.25, -0.2) is 17.5 Å². The van der Waals surface area contributed by atoms with Gasteiger partial charge in [0.15, 0.2) is 11.6 Å². The summed E-state index contributed by atoms with van der Waals surface area (Å²) >= 11 is 0.